The zero-order chi connectivity index (χ0) is 21.7. The highest BCUT2D eigenvalue weighted by Crippen LogP contribution is 2.21. The van der Waals surface area contributed by atoms with Gasteiger partial charge in [0.1, 0.15) is 11.6 Å². The number of carbonyl (C=O) groups is 1. The Hall–Kier alpha value is -3.38. The number of carbonyl (C=O) groups excluding carboxylic acids is 1. The largest absolute Gasteiger partial charge is 0.481 e. The van der Waals surface area contributed by atoms with Crippen LogP contribution < -0.4 is 10.1 Å². The van der Waals surface area contributed by atoms with Gasteiger partial charge in [0.15, 0.2) is 6.10 Å². The number of benzene rings is 2. The fourth-order valence-electron chi connectivity index (χ4n) is 2.98. The number of likely N-dealkylation sites (tertiary alicyclic amines) is 1. The Morgan fingerprint density at radius 1 is 1.27 bits per heavy atom. The molecule has 30 heavy (non-hydrogen) atoms. The molecule has 2 aromatic carbocycles. The van der Waals surface area contributed by atoms with E-state index < -0.39 is 22.0 Å². The van der Waals surface area contributed by atoms with Gasteiger partial charge in [-0.3, -0.25) is 4.79 Å². The van der Waals surface area contributed by atoms with E-state index in [0.29, 0.717) is 29.3 Å². The van der Waals surface area contributed by atoms with E-state index in [2.05, 4.69) is 9.71 Å². The second-order valence-corrected chi connectivity index (χ2v) is 8.53. The number of rotatable bonds is 6. The van der Waals surface area contributed by atoms with E-state index in [1.165, 1.54) is 18.2 Å². The summed E-state index contributed by atoms with van der Waals surface area (Å²) in [6, 6.07) is 14.4. The van der Waals surface area contributed by atoms with E-state index in [0.717, 1.165) is 13.0 Å². The number of nitriles is 1. The summed E-state index contributed by atoms with van der Waals surface area (Å²) in [5.41, 5.74) is 0.745. The topological polar surface area (TPSA) is 112 Å². The van der Waals surface area contributed by atoms with E-state index in [4.69, 9.17) is 10.00 Å². The molecule has 9 heteroatoms. The molecule has 1 unspecified atom stereocenters. The molecule has 1 fully saturated rings. The molecule has 1 heterocycles. The van der Waals surface area contributed by atoms with Crippen LogP contribution in [0.1, 0.15) is 25.3 Å². The predicted octanol–water partition coefficient (Wildman–Crippen LogP) is 2.78. The second kappa shape index (κ2) is 8.97. The van der Waals surface area contributed by atoms with Gasteiger partial charge in [0, 0.05) is 25.7 Å². The molecule has 1 saturated heterocycles. The zero-order valence-electron chi connectivity index (χ0n) is 16.7. The minimum absolute atomic E-state index is 0.00314. The minimum atomic E-state index is -3.88. The molecule has 0 aromatic heterocycles. The van der Waals surface area contributed by atoms with Crippen LogP contribution in [0.2, 0.25) is 0 Å². The lowest BCUT2D eigenvalue weighted by atomic mass is 10.2. The highest BCUT2D eigenvalue weighted by atomic mass is 32.2. The molecule has 1 aliphatic rings. The Kier molecular flexibility index (Phi) is 6.37. The monoisotopic (exact) mass is 426 g/mol. The Bertz CT molecular complexity index is 1120. The predicted molar refractivity (Wildman–Crippen MR) is 113 cm³/mol. The summed E-state index contributed by atoms with van der Waals surface area (Å²) < 4.78 is 34.8. The zero-order valence-corrected chi connectivity index (χ0v) is 17.5. The quantitative estimate of drug-likeness (QED) is 0.760. The first kappa shape index (κ1) is 21.3. The number of hydrogen-bond donors (Lipinski definition) is 1. The Balaban J connectivity index is 1.71. The van der Waals surface area contributed by atoms with Crippen molar-refractivity contribution in [1.82, 2.24) is 4.90 Å². The summed E-state index contributed by atoms with van der Waals surface area (Å²) in [7, 11) is -2.07. The number of nitrogens with one attached hydrogen (secondary N) is 1. The van der Waals surface area contributed by atoms with Crippen molar-refractivity contribution in [3.8, 4) is 11.8 Å². The Morgan fingerprint density at radius 2 is 2.03 bits per heavy atom. The van der Waals surface area contributed by atoms with Gasteiger partial charge in [-0.15, -0.1) is 4.40 Å². The average Bonchev–Trinajstić information content (AvgIpc) is 3.12. The molecule has 8 nitrogen and oxygen atoms in total. The van der Waals surface area contributed by atoms with E-state index >= 15 is 0 Å². The number of nitrogens with zero attached hydrogens (tertiary/aromatic N) is 3. The summed E-state index contributed by atoms with van der Waals surface area (Å²) >= 11 is 0. The van der Waals surface area contributed by atoms with E-state index in [-0.39, 0.29) is 4.90 Å². The number of sulfonamides is 1. The van der Waals surface area contributed by atoms with Crippen LogP contribution in [-0.4, -0.2) is 44.8 Å². The highest BCUT2D eigenvalue weighted by molar-refractivity contribution is 7.90. The lowest BCUT2D eigenvalue weighted by Gasteiger charge is -2.15. The number of anilines is 1. The highest BCUT2D eigenvalue weighted by Gasteiger charge is 2.21. The van der Waals surface area contributed by atoms with Crippen molar-refractivity contribution >= 4 is 27.5 Å². The molecular weight excluding hydrogens is 404 g/mol. The van der Waals surface area contributed by atoms with Crippen LogP contribution in [0.15, 0.2) is 57.8 Å². The number of hydrogen-bond acceptors (Lipinski definition) is 5. The average molecular weight is 426 g/mol. The molecule has 1 amide bonds. The number of amides is 1. The number of ether oxygens (including phenoxy) is 1. The molecule has 0 bridgehead atoms. The summed E-state index contributed by atoms with van der Waals surface area (Å²) in [5.74, 6) is 0.476. The molecular formula is C21H22N4O4S. The van der Waals surface area contributed by atoms with Gasteiger partial charge in [-0.05, 0) is 49.7 Å². The fourth-order valence-corrected chi connectivity index (χ4v) is 4.12. The maximum atomic E-state index is 12.6. The van der Waals surface area contributed by atoms with Crippen molar-refractivity contribution in [2.45, 2.75) is 30.8 Å². The van der Waals surface area contributed by atoms with Gasteiger partial charge < -0.3 is 15.0 Å². The summed E-state index contributed by atoms with van der Waals surface area (Å²) in [6.45, 7) is 2.34. The lowest BCUT2D eigenvalue weighted by Crippen LogP contribution is -2.30. The number of amidine groups is 1. The first-order valence-electron chi connectivity index (χ1n) is 9.41. The van der Waals surface area contributed by atoms with Crippen LogP contribution in [-0.2, 0) is 14.8 Å². The van der Waals surface area contributed by atoms with Crippen LogP contribution in [0.25, 0.3) is 0 Å². The summed E-state index contributed by atoms with van der Waals surface area (Å²) in [4.78, 5) is 14.3. The Labute approximate surface area is 175 Å². The molecule has 0 aliphatic carbocycles. The second-order valence-electron chi connectivity index (χ2n) is 6.92. The van der Waals surface area contributed by atoms with Crippen molar-refractivity contribution in [2.24, 2.45) is 4.40 Å². The van der Waals surface area contributed by atoms with Gasteiger partial charge in [0.25, 0.3) is 15.9 Å². The molecule has 2 aromatic rings. The molecule has 0 spiro atoms. The van der Waals surface area contributed by atoms with Gasteiger partial charge in [0.05, 0.1) is 16.5 Å². The molecule has 1 aliphatic heterocycles. The third kappa shape index (κ3) is 5.15. The minimum Gasteiger partial charge on any atom is -0.481 e. The van der Waals surface area contributed by atoms with Crippen molar-refractivity contribution in [3.63, 3.8) is 0 Å². The van der Waals surface area contributed by atoms with Gasteiger partial charge in [0.2, 0.25) is 0 Å². The van der Waals surface area contributed by atoms with Crippen molar-refractivity contribution in [1.29, 1.82) is 5.26 Å². The normalized spacial score (nSPS) is 16.2. The van der Waals surface area contributed by atoms with Crippen molar-refractivity contribution in [3.05, 3.63) is 54.1 Å². The van der Waals surface area contributed by atoms with Crippen molar-refractivity contribution < 1.29 is 17.9 Å². The van der Waals surface area contributed by atoms with Crippen LogP contribution in [0, 0.1) is 11.3 Å². The molecule has 0 radical (unpaired) electrons. The van der Waals surface area contributed by atoms with Crippen molar-refractivity contribution in [2.75, 3.05) is 18.9 Å². The standard InChI is InChI=1S/C21H22N4O4S/c1-15(29-18-8-3-6-16(12-18)14-22)21(26)23-17-7-4-9-19(13-17)30(27,28)24-20-10-5-11-25(20)2/h3-4,6-9,12-13,15H,5,10-11H2,1-2H3,(H,23,26)/b24-20-. The van der Waals surface area contributed by atoms with E-state index in [1.54, 1.807) is 37.3 Å². The summed E-state index contributed by atoms with van der Waals surface area (Å²) in [5, 5.41) is 11.6. The molecule has 1 atom stereocenters. The first-order chi connectivity index (χ1) is 14.3. The van der Waals surface area contributed by atoms with Gasteiger partial charge in [-0.1, -0.05) is 12.1 Å². The Morgan fingerprint density at radius 3 is 2.73 bits per heavy atom. The molecule has 0 saturated carbocycles. The molecule has 156 valence electrons. The van der Waals surface area contributed by atoms with Crippen LogP contribution >= 0.6 is 0 Å². The molecule has 1 N–H and O–H groups in total. The third-order valence-corrected chi connectivity index (χ3v) is 5.91. The van der Waals surface area contributed by atoms with Gasteiger partial charge >= 0.3 is 0 Å². The maximum Gasteiger partial charge on any atom is 0.284 e. The smallest absolute Gasteiger partial charge is 0.284 e. The van der Waals surface area contributed by atoms with Crippen LogP contribution in [0.3, 0.4) is 0 Å². The van der Waals surface area contributed by atoms with E-state index in [1.807, 2.05) is 18.0 Å². The maximum absolute atomic E-state index is 12.6. The van der Waals surface area contributed by atoms with Crippen LogP contribution in [0.4, 0.5) is 5.69 Å². The van der Waals surface area contributed by atoms with Crippen LogP contribution in [0.5, 0.6) is 5.75 Å². The SMILES string of the molecule is CC(Oc1cccc(C#N)c1)C(=O)Nc1cccc(S(=O)(=O)/N=C2/CCCN2C)c1. The lowest BCUT2D eigenvalue weighted by molar-refractivity contribution is -0.122. The van der Waals surface area contributed by atoms with Gasteiger partial charge in [-0.25, -0.2) is 0 Å². The fraction of sp³-hybridized carbons (Fsp3) is 0.286. The van der Waals surface area contributed by atoms with Gasteiger partial charge in [-0.2, -0.15) is 13.7 Å². The summed E-state index contributed by atoms with van der Waals surface area (Å²) in [6.07, 6.45) is 0.635. The van der Waals surface area contributed by atoms with E-state index in [9.17, 15) is 13.2 Å². The first-order valence-corrected chi connectivity index (χ1v) is 10.9. The molecule has 3 rings (SSSR count). The third-order valence-electron chi connectivity index (χ3n) is 4.60.